The lowest BCUT2D eigenvalue weighted by atomic mass is 10.1. The van der Waals surface area contributed by atoms with Gasteiger partial charge in [0.15, 0.2) is 0 Å². The van der Waals surface area contributed by atoms with Crippen molar-refractivity contribution < 1.29 is 9.84 Å². The van der Waals surface area contributed by atoms with Crippen LogP contribution in [-0.2, 0) is 13.0 Å². The van der Waals surface area contributed by atoms with Crippen LogP contribution in [0.2, 0.25) is 0 Å². The molecule has 0 amide bonds. The summed E-state index contributed by atoms with van der Waals surface area (Å²) in [4.78, 5) is 2.31. The number of rotatable bonds is 16. The molecule has 0 aliphatic heterocycles. The second-order valence-corrected chi connectivity index (χ2v) is 10.3. The van der Waals surface area contributed by atoms with Crippen LogP contribution in [0.3, 0.4) is 0 Å². The number of unbranched alkanes of at least 4 members (excludes halogenated alkanes) is 2. The first kappa shape index (κ1) is 28.7. The molecule has 3 nitrogen and oxygen atoms in total. The van der Waals surface area contributed by atoms with Gasteiger partial charge >= 0.3 is 0 Å². The fraction of sp³-hybridized carbons (Fsp3) is 0.412. The predicted octanol–water partition coefficient (Wildman–Crippen LogP) is 8.12. The van der Waals surface area contributed by atoms with Crippen LogP contribution in [0.15, 0.2) is 90.0 Å². The molecule has 0 aromatic heterocycles. The van der Waals surface area contributed by atoms with E-state index < -0.39 is 0 Å². The van der Waals surface area contributed by atoms with Crippen LogP contribution in [0.25, 0.3) is 10.8 Å². The van der Waals surface area contributed by atoms with E-state index in [9.17, 15) is 5.11 Å². The molecule has 0 unspecified atom stereocenters. The third kappa shape index (κ3) is 11.0. The third-order valence-electron chi connectivity index (χ3n) is 6.71. The van der Waals surface area contributed by atoms with Crippen molar-refractivity contribution in [3.63, 3.8) is 0 Å². The molecule has 0 heterocycles. The van der Waals surface area contributed by atoms with Crippen molar-refractivity contribution in [2.24, 2.45) is 0 Å². The van der Waals surface area contributed by atoms with Crippen molar-refractivity contribution >= 4 is 10.8 Å². The van der Waals surface area contributed by atoms with Gasteiger partial charge in [0.1, 0.15) is 5.75 Å². The Hall–Kier alpha value is -2.88. The molecule has 0 bridgehead atoms. The summed E-state index contributed by atoms with van der Waals surface area (Å²) >= 11 is 0. The van der Waals surface area contributed by atoms with Crippen LogP contribution in [0, 0.1) is 0 Å². The third-order valence-corrected chi connectivity index (χ3v) is 6.71. The van der Waals surface area contributed by atoms with E-state index in [0.717, 1.165) is 51.1 Å². The first-order valence-corrected chi connectivity index (χ1v) is 13.8. The minimum atomic E-state index is 0.172. The van der Waals surface area contributed by atoms with Crippen molar-refractivity contribution in [2.75, 3.05) is 26.3 Å². The normalized spacial score (nSPS) is 11.8. The number of nitrogens with zero attached hydrogens (tertiary/aromatic N) is 1. The molecule has 0 fully saturated rings. The van der Waals surface area contributed by atoms with Crippen LogP contribution in [0.1, 0.15) is 64.0 Å². The molecule has 0 saturated heterocycles. The van der Waals surface area contributed by atoms with Gasteiger partial charge in [-0.15, -0.1) is 0 Å². The molecular weight excluding hydrogens is 454 g/mol. The summed E-state index contributed by atoms with van der Waals surface area (Å²) in [7, 11) is 0. The molecule has 0 radical (unpaired) electrons. The van der Waals surface area contributed by atoms with Crippen molar-refractivity contribution in [3.05, 3.63) is 101 Å². The summed E-state index contributed by atoms with van der Waals surface area (Å²) < 4.78 is 6.04. The Morgan fingerprint density at radius 1 is 0.838 bits per heavy atom. The molecule has 3 heteroatoms. The van der Waals surface area contributed by atoms with Crippen LogP contribution < -0.4 is 4.74 Å². The lowest BCUT2D eigenvalue weighted by molar-refractivity contribution is 0.203. The molecule has 0 aliphatic rings. The monoisotopic (exact) mass is 499 g/mol. The molecule has 0 saturated carbocycles. The molecule has 1 N–H and O–H groups in total. The van der Waals surface area contributed by atoms with E-state index >= 15 is 0 Å². The van der Waals surface area contributed by atoms with E-state index in [0.29, 0.717) is 6.54 Å². The molecule has 0 spiro atoms. The van der Waals surface area contributed by atoms with E-state index in [1.165, 1.54) is 45.9 Å². The van der Waals surface area contributed by atoms with E-state index in [4.69, 9.17) is 4.74 Å². The fourth-order valence-corrected chi connectivity index (χ4v) is 4.51. The first-order valence-electron chi connectivity index (χ1n) is 13.8. The summed E-state index contributed by atoms with van der Waals surface area (Å²) in [5.41, 5.74) is 5.46. The Kier molecular flexibility index (Phi) is 12.5. The number of allylic oxidation sites excluding steroid dienone is 3. The number of aliphatic hydroxyl groups is 1. The number of fused-ring (bicyclic) bond motifs is 1. The van der Waals surface area contributed by atoms with Crippen molar-refractivity contribution in [2.45, 2.75) is 65.8 Å². The van der Waals surface area contributed by atoms with Gasteiger partial charge in [0.25, 0.3) is 0 Å². The zero-order valence-corrected chi connectivity index (χ0v) is 23.1. The molecular formula is C34H45NO2. The van der Waals surface area contributed by atoms with Gasteiger partial charge in [-0.25, -0.2) is 0 Å². The smallest absolute Gasteiger partial charge is 0.119 e. The maximum atomic E-state index is 9.57. The van der Waals surface area contributed by atoms with E-state index in [-0.39, 0.29) is 6.61 Å². The quantitative estimate of drug-likeness (QED) is 0.160. The van der Waals surface area contributed by atoms with Gasteiger partial charge in [-0.2, -0.15) is 0 Å². The lowest BCUT2D eigenvalue weighted by Gasteiger charge is -2.20. The minimum absolute atomic E-state index is 0.172. The van der Waals surface area contributed by atoms with E-state index in [1.54, 1.807) is 0 Å². The molecule has 3 rings (SSSR count). The molecule has 3 aromatic carbocycles. The highest BCUT2D eigenvalue weighted by molar-refractivity contribution is 5.84. The standard InChI is InChI=1S/C34H45NO2/c1-28(2)11-10-12-29(3)20-21-35(22-23-36)27-31-16-17-33-26-34(19-18-32(33)25-31)37-24-9-5-8-15-30-13-6-4-7-14-30/h4,6-7,11,13-14,16-20,25-26,36H,5,8-10,12,15,21-24,27H2,1-3H3/b29-20-. The van der Waals surface area contributed by atoms with Gasteiger partial charge in [0, 0.05) is 19.6 Å². The average Bonchev–Trinajstić information content (AvgIpc) is 2.90. The fourth-order valence-electron chi connectivity index (χ4n) is 4.51. The highest BCUT2D eigenvalue weighted by Crippen LogP contribution is 2.23. The lowest BCUT2D eigenvalue weighted by Crippen LogP contribution is -2.26. The van der Waals surface area contributed by atoms with Gasteiger partial charge < -0.3 is 9.84 Å². The molecule has 0 aliphatic carbocycles. The van der Waals surface area contributed by atoms with E-state index in [2.05, 4.69) is 105 Å². The summed E-state index contributed by atoms with van der Waals surface area (Å²) in [6.07, 6.45) is 11.4. The maximum Gasteiger partial charge on any atom is 0.119 e. The largest absolute Gasteiger partial charge is 0.494 e. The number of hydrogen-bond donors (Lipinski definition) is 1. The van der Waals surface area contributed by atoms with Gasteiger partial charge in [0.05, 0.1) is 13.2 Å². The number of hydrogen-bond acceptors (Lipinski definition) is 3. The summed E-state index contributed by atoms with van der Waals surface area (Å²) in [5, 5.41) is 12.0. The minimum Gasteiger partial charge on any atom is -0.494 e. The summed E-state index contributed by atoms with van der Waals surface area (Å²) in [6, 6.07) is 23.7. The van der Waals surface area contributed by atoms with Crippen molar-refractivity contribution in [3.8, 4) is 5.75 Å². The Morgan fingerprint density at radius 2 is 1.62 bits per heavy atom. The number of aryl methyl sites for hydroxylation is 1. The van der Waals surface area contributed by atoms with Gasteiger partial charge in [0.2, 0.25) is 0 Å². The number of aliphatic hydroxyl groups excluding tert-OH is 1. The Labute approximate surface area is 224 Å². The van der Waals surface area contributed by atoms with Crippen molar-refractivity contribution in [1.29, 1.82) is 0 Å². The number of benzene rings is 3. The molecule has 3 aromatic rings. The van der Waals surface area contributed by atoms with Gasteiger partial charge in [-0.3, -0.25) is 4.90 Å². The van der Waals surface area contributed by atoms with E-state index in [1.807, 2.05) is 0 Å². The summed E-state index contributed by atoms with van der Waals surface area (Å²) in [6.45, 7) is 9.79. The molecule has 0 atom stereocenters. The molecule has 37 heavy (non-hydrogen) atoms. The summed E-state index contributed by atoms with van der Waals surface area (Å²) in [5.74, 6) is 0.943. The van der Waals surface area contributed by atoms with Crippen LogP contribution in [0.4, 0.5) is 0 Å². The van der Waals surface area contributed by atoms with Crippen molar-refractivity contribution in [1.82, 2.24) is 4.90 Å². The highest BCUT2D eigenvalue weighted by Gasteiger charge is 2.06. The SMILES string of the molecule is CC(C)=CCC/C(C)=C\CN(CCO)Cc1ccc2cc(OCCCCCc3ccccc3)ccc2c1. The average molecular weight is 500 g/mol. The van der Waals surface area contributed by atoms with Gasteiger partial charge in [-0.1, -0.05) is 71.8 Å². The highest BCUT2D eigenvalue weighted by atomic mass is 16.5. The Morgan fingerprint density at radius 3 is 2.41 bits per heavy atom. The Bertz CT molecular complexity index is 1130. The molecule has 198 valence electrons. The van der Waals surface area contributed by atoms with Gasteiger partial charge in [-0.05, 0) is 99.4 Å². The van der Waals surface area contributed by atoms with Crippen LogP contribution >= 0.6 is 0 Å². The van der Waals surface area contributed by atoms with Crippen LogP contribution in [0.5, 0.6) is 5.75 Å². The van der Waals surface area contributed by atoms with Crippen LogP contribution in [-0.4, -0.2) is 36.3 Å². The predicted molar refractivity (Wildman–Crippen MR) is 158 cm³/mol. The zero-order valence-electron chi connectivity index (χ0n) is 23.1. The second kappa shape index (κ2) is 16.1. The second-order valence-electron chi connectivity index (χ2n) is 10.3. The maximum absolute atomic E-state index is 9.57. The topological polar surface area (TPSA) is 32.7 Å². The number of ether oxygens (including phenoxy) is 1. The Balaban J connectivity index is 1.47. The zero-order chi connectivity index (χ0) is 26.3. The first-order chi connectivity index (χ1) is 18.0.